The molecule has 1 fully saturated rings. The van der Waals surface area contributed by atoms with Crippen LogP contribution >= 0.6 is 23.2 Å². The standard InChI is InChI=1S/C26H28Cl2F3N7O2/c1-15(27)22(24(39)32-2)36-23-17-5-3-4-6-19(17)33-21(35-23)14-37-9-11-38(12-10-37)25(40)34-20-8-7-16(28)13-18(20)26(29,30)31/h3-8,13,15,22H,9-12,14H2,1-2H3,(H,32,39)(H,34,40)(H,33,35,36)/t15?,22-/m0/s1. The highest BCUT2D eigenvalue weighted by Crippen LogP contribution is 2.36. The number of para-hydroxylation sites is 1. The fourth-order valence-corrected chi connectivity index (χ4v) is 4.71. The van der Waals surface area contributed by atoms with Gasteiger partial charge in [0.25, 0.3) is 0 Å². The van der Waals surface area contributed by atoms with Gasteiger partial charge in [-0.25, -0.2) is 14.8 Å². The Labute approximate surface area is 239 Å². The van der Waals surface area contributed by atoms with E-state index in [4.69, 9.17) is 23.2 Å². The third-order valence-corrected chi connectivity index (χ3v) is 6.97. The number of carbonyl (C=O) groups is 2. The van der Waals surface area contributed by atoms with Crippen molar-refractivity contribution in [2.75, 3.05) is 43.9 Å². The van der Waals surface area contributed by atoms with Crippen molar-refractivity contribution in [3.8, 4) is 0 Å². The minimum atomic E-state index is -4.66. The summed E-state index contributed by atoms with van der Waals surface area (Å²) in [6, 6.07) is 9.26. The average molecular weight is 598 g/mol. The molecule has 1 aliphatic rings. The predicted molar refractivity (Wildman–Crippen MR) is 149 cm³/mol. The number of halogens is 5. The Morgan fingerprint density at radius 1 is 1.07 bits per heavy atom. The lowest BCUT2D eigenvalue weighted by Crippen LogP contribution is -2.49. The molecule has 3 aromatic rings. The Hall–Kier alpha value is -3.35. The molecule has 2 heterocycles. The van der Waals surface area contributed by atoms with E-state index in [0.717, 1.165) is 17.5 Å². The summed E-state index contributed by atoms with van der Waals surface area (Å²) < 4.78 is 40.2. The number of urea groups is 1. The van der Waals surface area contributed by atoms with Gasteiger partial charge in [-0.2, -0.15) is 13.2 Å². The number of aromatic nitrogens is 2. The lowest BCUT2D eigenvalue weighted by Gasteiger charge is -2.34. The summed E-state index contributed by atoms with van der Waals surface area (Å²) in [4.78, 5) is 37.9. The molecule has 1 aliphatic heterocycles. The van der Waals surface area contributed by atoms with Crippen LogP contribution in [0, 0.1) is 0 Å². The molecular formula is C26H28Cl2F3N7O2. The predicted octanol–water partition coefficient (Wildman–Crippen LogP) is 4.81. The van der Waals surface area contributed by atoms with E-state index < -0.39 is 29.2 Å². The number of fused-ring (bicyclic) bond motifs is 1. The lowest BCUT2D eigenvalue weighted by molar-refractivity contribution is -0.137. The monoisotopic (exact) mass is 597 g/mol. The normalized spacial score (nSPS) is 15.9. The maximum absolute atomic E-state index is 13.4. The van der Waals surface area contributed by atoms with Gasteiger partial charge in [0, 0.05) is 43.6 Å². The summed E-state index contributed by atoms with van der Waals surface area (Å²) in [5.41, 5.74) is -0.670. The molecule has 9 nitrogen and oxygen atoms in total. The maximum Gasteiger partial charge on any atom is 0.418 e. The Morgan fingerprint density at radius 2 is 1.77 bits per heavy atom. The van der Waals surface area contributed by atoms with Crippen LogP contribution in [0.5, 0.6) is 0 Å². The summed E-state index contributed by atoms with van der Waals surface area (Å²) in [5.74, 6) is 0.707. The minimum Gasteiger partial charge on any atom is -0.357 e. The molecule has 0 saturated carbocycles. The van der Waals surface area contributed by atoms with E-state index in [-0.39, 0.29) is 16.6 Å². The Bertz CT molecular complexity index is 1380. The van der Waals surface area contributed by atoms with E-state index in [1.165, 1.54) is 18.0 Å². The summed E-state index contributed by atoms with van der Waals surface area (Å²) in [5, 5.41) is 8.25. The zero-order valence-corrected chi connectivity index (χ0v) is 23.2. The van der Waals surface area contributed by atoms with Crippen molar-refractivity contribution in [1.82, 2.24) is 25.1 Å². The van der Waals surface area contributed by atoms with Crippen molar-refractivity contribution in [1.29, 1.82) is 0 Å². The Balaban J connectivity index is 1.44. The average Bonchev–Trinajstić information content (AvgIpc) is 2.91. The molecule has 0 aliphatic carbocycles. The maximum atomic E-state index is 13.4. The molecule has 4 rings (SSSR count). The molecule has 0 spiro atoms. The summed E-state index contributed by atoms with van der Waals surface area (Å²) >= 11 is 12.0. The van der Waals surface area contributed by atoms with Crippen LogP contribution in [-0.4, -0.2) is 76.4 Å². The van der Waals surface area contributed by atoms with Crippen LogP contribution < -0.4 is 16.0 Å². The smallest absolute Gasteiger partial charge is 0.357 e. The number of anilines is 2. The number of rotatable bonds is 7. The van der Waals surface area contributed by atoms with Crippen LogP contribution in [-0.2, 0) is 17.5 Å². The molecule has 0 radical (unpaired) electrons. The first-order valence-corrected chi connectivity index (χ1v) is 13.3. The number of amides is 3. The summed E-state index contributed by atoms with van der Waals surface area (Å²) in [6.07, 6.45) is -4.66. The SMILES string of the molecule is CNC(=O)[C@@H](Nc1nc(CN2CCN(C(=O)Nc3ccc(Cl)cc3C(F)(F)F)CC2)nc2ccccc12)C(C)Cl. The van der Waals surface area contributed by atoms with Gasteiger partial charge in [-0.15, -0.1) is 11.6 Å². The first-order valence-electron chi connectivity index (χ1n) is 12.5. The van der Waals surface area contributed by atoms with Crippen molar-refractivity contribution < 1.29 is 22.8 Å². The van der Waals surface area contributed by atoms with Crippen molar-refractivity contribution >= 4 is 57.5 Å². The quantitative estimate of drug-likeness (QED) is 0.338. The molecule has 3 amide bonds. The number of hydrogen-bond acceptors (Lipinski definition) is 6. The van der Waals surface area contributed by atoms with Crippen molar-refractivity contribution in [3.63, 3.8) is 0 Å². The second-order valence-corrected chi connectivity index (χ2v) is 10.4. The Morgan fingerprint density at radius 3 is 2.42 bits per heavy atom. The van der Waals surface area contributed by atoms with E-state index in [0.29, 0.717) is 49.9 Å². The molecule has 0 bridgehead atoms. The van der Waals surface area contributed by atoms with E-state index in [2.05, 4.69) is 25.9 Å². The number of benzene rings is 2. The first-order chi connectivity index (χ1) is 19.0. The second kappa shape index (κ2) is 12.4. The van der Waals surface area contributed by atoms with Crippen molar-refractivity contribution in [2.45, 2.75) is 31.1 Å². The van der Waals surface area contributed by atoms with Crippen LogP contribution in [0.25, 0.3) is 10.9 Å². The van der Waals surface area contributed by atoms with Gasteiger partial charge in [0.15, 0.2) is 0 Å². The van der Waals surface area contributed by atoms with Crippen LogP contribution in [0.2, 0.25) is 5.02 Å². The van der Waals surface area contributed by atoms with Gasteiger partial charge in [0.05, 0.1) is 28.7 Å². The number of nitrogens with one attached hydrogen (secondary N) is 3. The van der Waals surface area contributed by atoms with E-state index in [1.807, 2.05) is 29.2 Å². The zero-order valence-electron chi connectivity index (χ0n) is 21.7. The van der Waals surface area contributed by atoms with Crippen molar-refractivity contribution in [3.05, 3.63) is 58.9 Å². The lowest BCUT2D eigenvalue weighted by atomic mass is 10.1. The number of carbonyl (C=O) groups excluding carboxylic acids is 2. The van der Waals surface area contributed by atoms with Gasteiger partial charge in [-0.05, 0) is 37.3 Å². The number of hydrogen-bond donors (Lipinski definition) is 3. The molecule has 40 heavy (non-hydrogen) atoms. The third kappa shape index (κ3) is 7.04. The van der Waals surface area contributed by atoms with Gasteiger partial charge in [0.2, 0.25) is 5.91 Å². The third-order valence-electron chi connectivity index (χ3n) is 6.48. The highest BCUT2D eigenvalue weighted by Gasteiger charge is 2.35. The Kier molecular flexibility index (Phi) is 9.22. The minimum absolute atomic E-state index is 0.0745. The fourth-order valence-electron chi connectivity index (χ4n) is 4.36. The van der Waals surface area contributed by atoms with Crippen LogP contribution in [0.4, 0.5) is 29.5 Å². The van der Waals surface area contributed by atoms with Crippen LogP contribution in [0.3, 0.4) is 0 Å². The molecule has 2 atom stereocenters. The number of piperazine rings is 1. The molecule has 1 saturated heterocycles. The highest BCUT2D eigenvalue weighted by molar-refractivity contribution is 6.30. The van der Waals surface area contributed by atoms with E-state index in [9.17, 15) is 22.8 Å². The zero-order chi connectivity index (χ0) is 29.0. The topological polar surface area (TPSA) is 102 Å². The molecule has 3 N–H and O–H groups in total. The molecule has 214 valence electrons. The van der Waals surface area contributed by atoms with Gasteiger partial charge >= 0.3 is 12.2 Å². The second-order valence-electron chi connectivity index (χ2n) is 9.30. The molecular weight excluding hydrogens is 570 g/mol. The number of likely N-dealkylation sites (N-methyl/N-ethyl adjacent to an activating group) is 1. The van der Waals surface area contributed by atoms with Crippen molar-refractivity contribution in [2.24, 2.45) is 0 Å². The molecule has 1 unspecified atom stereocenters. The largest absolute Gasteiger partial charge is 0.418 e. The number of alkyl halides is 4. The van der Waals surface area contributed by atoms with Gasteiger partial charge < -0.3 is 20.9 Å². The molecule has 2 aromatic carbocycles. The first kappa shape index (κ1) is 29.6. The summed E-state index contributed by atoms with van der Waals surface area (Å²) in [7, 11) is 1.53. The summed E-state index contributed by atoms with van der Waals surface area (Å²) in [6.45, 7) is 3.58. The fraction of sp³-hybridized carbons (Fsp3) is 0.385. The molecule has 1 aromatic heterocycles. The van der Waals surface area contributed by atoms with E-state index >= 15 is 0 Å². The van der Waals surface area contributed by atoms with Gasteiger partial charge in [-0.1, -0.05) is 23.7 Å². The number of nitrogens with zero attached hydrogens (tertiary/aromatic N) is 4. The van der Waals surface area contributed by atoms with Crippen LogP contribution in [0.15, 0.2) is 42.5 Å². The van der Waals surface area contributed by atoms with Crippen LogP contribution in [0.1, 0.15) is 18.3 Å². The van der Waals surface area contributed by atoms with Gasteiger partial charge in [-0.3, -0.25) is 9.69 Å². The van der Waals surface area contributed by atoms with Gasteiger partial charge in [0.1, 0.15) is 17.7 Å². The highest BCUT2D eigenvalue weighted by atomic mass is 35.5. The molecule has 14 heteroatoms. The van der Waals surface area contributed by atoms with E-state index in [1.54, 1.807) is 6.92 Å².